The van der Waals surface area contributed by atoms with Crippen LogP contribution in [0.4, 0.5) is 0 Å². The van der Waals surface area contributed by atoms with Crippen molar-refractivity contribution in [2.45, 2.75) is 18.8 Å². The van der Waals surface area contributed by atoms with Crippen LogP contribution in [0.15, 0.2) is 24.3 Å². The molecule has 0 radical (unpaired) electrons. The fraction of sp³-hybridized carbons (Fsp3) is 0.444. The number of ether oxygens (including phenoxy) is 1. The molecule has 3 atom stereocenters. The largest absolute Gasteiger partial charge is 0.463 e. The molecule has 6 heteroatoms. The van der Waals surface area contributed by atoms with Crippen LogP contribution in [0, 0.1) is 17.8 Å². The minimum atomic E-state index is 0.322. The molecule has 0 amide bonds. The van der Waals surface area contributed by atoms with E-state index in [-0.39, 0.29) is 0 Å². The maximum atomic E-state index is 5.87. The average Bonchev–Trinajstić information content (AvgIpc) is 3.17. The van der Waals surface area contributed by atoms with E-state index >= 15 is 0 Å². The van der Waals surface area contributed by atoms with Crippen molar-refractivity contribution in [1.82, 2.24) is 13.6 Å². The molecule has 2 bridgehead atoms. The highest BCUT2D eigenvalue weighted by atomic mass is 35.5. The standard InChI is InChI=1S/C18H18ClN3OS/c19-15-7-5-13(6-8-15)3-2-10-23-18-17(20-24-21-18)16-12-22-9-1-4-14(16)11-22/h5-8,14,16H,1,4,9-12H2/t14-,16+/m0/s1. The first-order valence-electron chi connectivity index (χ1n) is 8.21. The lowest BCUT2D eigenvalue weighted by Gasteiger charge is -2.21. The maximum Gasteiger partial charge on any atom is 0.250 e. The summed E-state index contributed by atoms with van der Waals surface area (Å²) in [6, 6.07) is 7.47. The summed E-state index contributed by atoms with van der Waals surface area (Å²) in [6.45, 7) is 3.82. The maximum absolute atomic E-state index is 5.87. The highest BCUT2D eigenvalue weighted by Gasteiger charge is 2.39. The molecule has 124 valence electrons. The predicted octanol–water partition coefficient (Wildman–Crippen LogP) is 3.43. The molecule has 1 aromatic heterocycles. The van der Waals surface area contributed by atoms with Gasteiger partial charge in [-0.2, -0.15) is 4.37 Å². The van der Waals surface area contributed by atoms with Gasteiger partial charge < -0.3 is 9.64 Å². The van der Waals surface area contributed by atoms with Gasteiger partial charge in [0.25, 0.3) is 0 Å². The minimum Gasteiger partial charge on any atom is -0.463 e. The Hall–Kier alpha value is -1.61. The van der Waals surface area contributed by atoms with Gasteiger partial charge in [-0.1, -0.05) is 23.4 Å². The number of fused-ring (bicyclic) bond motifs is 2. The lowest BCUT2D eigenvalue weighted by Crippen LogP contribution is -2.25. The summed E-state index contributed by atoms with van der Waals surface area (Å²) in [5.74, 6) is 7.94. The van der Waals surface area contributed by atoms with Gasteiger partial charge in [0.1, 0.15) is 5.69 Å². The molecule has 2 aromatic rings. The summed E-state index contributed by atoms with van der Waals surface area (Å²) < 4.78 is 14.7. The summed E-state index contributed by atoms with van der Waals surface area (Å²) >= 11 is 7.11. The van der Waals surface area contributed by atoms with E-state index in [0.29, 0.717) is 29.3 Å². The van der Waals surface area contributed by atoms with Gasteiger partial charge in [-0.3, -0.25) is 0 Å². The van der Waals surface area contributed by atoms with Crippen molar-refractivity contribution in [3.8, 4) is 17.7 Å². The number of piperidine rings is 1. The zero-order valence-corrected chi connectivity index (χ0v) is 14.8. The number of halogens is 1. The highest BCUT2D eigenvalue weighted by Crippen LogP contribution is 2.40. The van der Waals surface area contributed by atoms with Crippen molar-refractivity contribution in [3.05, 3.63) is 40.5 Å². The lowest BCUT2D eigenvalue weighted by molar-refractivity contribution is 0.269. The second-order valence-corrected chi connectivity index (χ2v) is 7.29. The molecule has 4 rings (SSSR count). The van der Waals surface area contributed by atoms with Crippen molar-refractivity contribution in [2.24, 2.45) is 5.92 Å². The number of hydrogen-bond acceptors (Lipinski definition) is 5. The van der Waals surface area contributed by atoms with Crippen LogP contribution in [-0.4, -0.2) is 39.9 Å². The molecule has 24 heavy (non-hydrogen) atoms. The summed E-state index contributed by atoms with van der Waals surface area (Å²) in [7, 11) is 0. The fourth-order valence-electron chi connectivity index (χ4n) is 3.61. The van der Waals surface area contributed by atoms with Crippen LogP contribution in [0.25, 0.3) is 0 Å². The van der Waals surface area contributed by atoms with E-state index < -0.39 is 0 Å². The second-order valence-electron chi connectivity index (χ2n) is 6.32. The summed E-state index contributed by atoms with van der Waals surface area (Å²) in [5, 5.41) is 0.715. The third kappa shape index (κ3) is 3.41. The Morgan fingerprint density at radius 1 is 1.25 bits per heavy atom. The Morgan fingerprint density at radius 3 is 2.96 bits per heavy atom. The van der Waals surface area contributed by atoms with Crippen LogP contribution in [0.3, 0.4) is 0 Å². The molecular weight excluding hydrogens is 342 g/mol. The SMILES string of the molecule is Clc1ccc(C#CCOc2nsnc2[C@@H]2CN3CCC[C@H]2C3)cc1. The third-order valence-corrected chi connectivity index (χ3v) is 5.53. The van der Waals surface area contributed by atoms with Crippen molar-refractivity contribution in [1.29, 1.82) is 0 Å². The number of aromatic nitrogens is 2. The first kappa shape index (κ1) is 15.9. The van der Waals surface area contributed by atoms with Gasteiger partial charge in [0.05, 0.1) is 11.7 Å². The van der Waals surface area contributed by atoms with Crippen LogP contribution in [0.2, 0.25) is 5.02 Å². The average molecular weight is 360 g/mol. The van der Waals surface area contributed by atoms with Crippen LogP contribution in [-0.2, 0) is 0 Å². The summed E-state index contributed by atoms with van der Waals surface area (Å²) in [6.07, 6.45) is 2.58. The number of hydrogen-bond donors (Lipinski definition) is 0. The van der Waals surface area contributed by atoms with E-state index in [1.807, 2.05) is 24.3 Å². The Balaban J connectivity index is 1.40. The third-order valence-electron chi connectivity index (χ3n) is 4.76. The van der Waals surface area contributed by atoms with Gasteiger partial charge in [-0.25, -0.2) is 0 Å². The molecule has 2 saturated heterocycles. The predicted molar refractivity (Wildman–Crippen MR) is 95.6 cm³/mol. The van der Waals surface area contributed by atoms with E-state index in [1.165, 1.54) is 37.7 Å². The van der Waals surface area contributed by atoms with E-state index in [2.05, 4.69) is 25.5 Å². The molecule has 1 aromatic carbocycles. The van der Waals surface area contributed by atoms with E-state index in [0.717, 1.165) is 17.8 Å². The number of benzene rings is 1. The van der Waals surface area contributed by atoms with Crippen molar-refractivity contribution in [3.63, 3.8) is 0 Å². The summed E-state index contributed by atoms with van der Waals surface area (Å²) in [4.78, 5) is 2.53. The Morgan fingerprint density at radius 2 is 2.12 bits per heavy atom. The van der Waals surface area contributed by atoms with Crippen LogP contribution < -0.4 is 4.74 Å². The van der Waals surface area contributed by atoms with E-state index in [4.69, 9.17) is 16.3 Å². The van der Waals surface area contributed by atoms with Crippen molar-refractivity contribution < 1.29 is 4.74 Å². The van der Waals surface area contributed by atoms with Crippen LogP contribution >= 0.6 is 23.3 Å². The summed E-state index contributed by atoms with van der Waals surface area (Å²) in [5.41, 5.74) is 1.96. The molecule has 2 aliphatic heterocycles. The van der Waals surface area contributed by atoms with Gasteiger partial charge in [0.15, 0.2) is 6.61 Å². The molecule has 0 aliphatic carbocycles. The van der Waals surface area contributed by atoms with Gasteiger partial charge >= 0.3 is 0 Å². The van der Waals surface area contributed by atoms with E-state index in [1.54, 1.807) is 0 Å². The molecule has 0 saturated carbocycles. The molecule has 2 aliphatic rings. The molecule has 0 spiro atoms. The van der Waals surface area contributed by atoms with Gasteiger partial charge in [0.2, 0.25) is 5.88 Å². The van der Waals surface area contributed by atoms with Crippen LogP contribution in [0.1, 0.15) is 30.0 Å². The van der Waals surface area contributed by atoms with Gasteiger partial charge in [-0.15, -0.1) is 4.37 Å². The van der Waals surface area contributed by atoms with Crippen LogP contribution in [0.5, 0.6) is 5.88 Å². The van der Waals surface area contributed by atoms with Crippen molar-refractivity contribution in [2.75, 3.05) is 26.2 Å². The number of nitrogens with zero attached hydrogens (tertiary/aromatic N) is 3. The van der Waals surface area contributed by atoms with Crippen molar-refractivity contribution >= 4 is 23.3 Å². The zero-order valence-electron chi connectivity index (χ0n) is 13.2. The first-order valence-corrected chi connectivity index (χ1v) is 9.32. The molecule has 1 unspecified atom stereocenters. The second kappa shape index (κ2) is 7.10. The zero-order chi connectivity index (χ0) is 16.4. The quantitative estimate of drug-likeness (QED) is 0.787. The normalized spacial score (nSPS) is 25.1. The highest BCUT2D eigenvalue weighted by molar-refractivity contribution is 6.99. The fourth-order valence-corrected chi connectivity index (χ4v) is 4.30. The Bertz CT molecular complexity index is 765. The molecule has 0 N–H and O–H groups in total. The molecule has 2 fully saturated rings. The Labute approximate surface area is 151 Å². The van der Waals surface area contributed by atoms with E-state index in [9.17, 15) is 0 Å². The number of rotatable bonds is 3. The molecular formula is C18H18ClN3OS. The first-order chi connectivity index (χ1) is 11.8. The molecule has 3 heterocycles. The molecule has 4 nitrogen and oxygen atoms in total. The topological polar surface area (TPSA) is 38.3 Å². The monoisotopic (exact) mass is 359 g/mol. The minimum absolute atomic E-state index is 0.322. The van der Waals surface area contributed by atoms with Gasteiger partial charge in [0, 0.05) is 29.6 Å². The lowest BCUT2D eigenvalue weighted by atomic mass is 9.89. The Kier molecular flexibility index (Phi) is 4.70. The van der Waals surface area contributed by atoms with Gasteiger partial charge in [-0.05, 0) is 49.6 Å². The smallest absolute Gasteiger partial charge is 0.250 e.